The number of aryl methyl sites for hydroxylation is 1. The van der Waals surface area contributed by atoms with E-state index in [-0.39, 0.29) is 24.4 Å². The Morgan fingerprint density at radius 3 is 2.62 bits per heavy atom. The van der Waals surface area contributed by atoms with Crippen LogP contribution >= 0.6 is 23.2 Å². The molecule has 1 saturated carbocycles. The van der Waals surface area contributed by atoms with Crippen LogP contribution in [0.1, 0.15) is 29.0 Å². The van der Waals surface area contributed by atoms with Crippen molar-refractivity contribution in [1.82, 2.24) is 10.1 Å². The number of carbonyl (C=O) groups is 2. The molecule has 1 aromatic carbocycles. The van der Waals surface area contributed by atoms with Crippen molar-refractivity contribution < 1.29 is 14.1 Å². The van der Waals surface area contributed by atoms with Gasteiger partial charge in [0.25, 0.3) is 5.91 Å². The Morgan fingerprint density at radius 2 is 2.04 bits per heavy atom. The Hall–Kier alpha value is -2.05. The molecule has 0 atom stereocenters. The van der Waals surface area contributed by atoms with E-state index >= 15 is 0 Å². The lowest BCUT2D eigenvalue weighted by atomic mass is 10.2. The molecule has 0 unspecified atom stereocenters. The highest BCUT2D eigenvalue weighted by Gasteiger charge is 2.34. The summed E-state index contributed by atoms with van der Waals surface area (Å²) in [5.41, 5.74) is 0.404. The van der Waals surface area contributed by atoms with Gasteiger partial charge in [-0.25, -0.2) is 0 Å². The van der Waals surface area contributed by atoms with Gasteiger partial charge in [-0.1, -0.05) is 28.4 Å². The predicted molar refractivity (Wildman–Crippen MR) is 90.4 cm³/mol. The van der Waals surface area contributed by atoms with E-state index in [4.69, 9.17) is 27.7 Å². The number of nitrogens with zero attached hydrogens (tertiary/aromatic N) is 2. The highest BCUT2D eigenvalue weighted by atomic mass is 35.5. The van der Waals surface area contributed by atoms with E-state index < -0.39 is 0 Å². The van der Waals surface area contributed by atoms with Gasteiger partial charge in [0.1, 0.15) is 12.3 Å². The molecule has 1 aliphatic carbocycles. The van der Waals surface area contributed by atoms with E-state index in [2.05, 4.69) is 10.5 Å². The molecule has 2 aromatic rings. The van der Waals surface area contributed by atoms with Crippen LogP contribution in [0.2, 0.25) is 10.0 Å². The third-order valence-corrected chi connectivity index (χ3v) is 4.36. The van der Waals surface area contributed by atoms with Crippen molar-refractivity contribution in [3.05, 3.63) is 45.6 Å². The van der Waals surface area contributed by atoms with Gasteiger partial charge in [-0.05, 0) is 38.0 Å². The Kier molecular flexibility index (Phi) is 4.78. The number of rotatable bonds is 5. The van der Waals surface area contributed by atoms with Crippen LogP contribution in [0.5, 0.6) is 0 Å². The normalized spacial score (nSPS) is 13.6. The van der Waals surface area contributed by atoms with Gasteiger partial charge in [0, 0.05) is 17.7 Å². The highest BCUT2D eigenvalue weighted by molar-refractivity contribution is 6.42. The molecule has 0 saturated heterocycles. The molecule has 1 heterocycles. The Bertz CT molecular complexity index is 787. The maximum absolute atomic E-state index is 12.7. The molecule has 6 nitrogen and oxygen atoms in total. The molecule has 1 aromatic heterocycles. The molecule has 8 heteroatoms. The summed E-state index contributed by atoms with van der Waals surface area (Å²) in [6.45, 7) is 1.67. The molecule has 1 N–H and O–H groups in total. The first-order valence-electron chi connectivity index (χ1n) is 7.43. The number of aromatic nitrogens is 1. The van der Waals surface area contributed by atoms with Gasteiger partial charge in [-0.15, -0.1) is 0 Å². The maximum Gasteiger partial charge on any atom is 0.254 e. The van der Waals surface area contributed by atoms with Crippen LogP contribution < -0.4 is 5.32 Å². The Labute approximate surface area is 148 Å². The topological polar surface area (TPSA) is 75.4 Å². The summed E-state index contributed by atoms with van der Waals surface area (Å²) in [6, 6.07) is 6.36. The molecule has 1 fully saturated rings. The smallest absolute Gasteiger partial charge is 0.254 e. The summed E-state index contributed by atoms with van der Waals surface area (Å²) < 4.78 is 4.90. The van der Waals surface area contributed by atoms with Crippen molar-refractivity contribution in [2.75, 3.05) is 11.9 Å². The fraction of sp³-hybridized carbons (Fsp3) is 0.312. The first kappa shape index (κ1) is 16.8. The third kappa shape index (κ3) is 3.88. The minimum Gasteiger partial charge on any atom is -0.360 e. The molecule has 0 aliphatic heterocycles. The first-order chi connectivity index (χ1) is 11.4. The third-order valence-electron chi connectivity index (χ3n) is 3.62. The zero-order valence-electron chi connectivity index (χ0n) is 12.9. The van der Waals surface area contributed by atoms with E-state index in [9.17, 15) is 9.59 Å². The van der Waals surface area contributed by atoms with Crippen LogP contribution in [0, 0.1) is 6.92 Å². The maximum atomic E-state index is 12.7. The van der Waals surface area contributed by atoms with Crippen LogP contribution in [-0.4, -0.2) is 34.5 Å². The fourth-order valence-corrected chi connectivity index (χ4v) is 2.61. The first-order valence-corrected chi connectivity index (χ1v) is 8.19. The molecule has 0 radical (unpaired) electrons. The molecule has 126 valence electrons. The van der Waals surface area contributed by atoms with Gasteiger partial charge >= 0.3 is 0 Å². The summed E-state index contributed by atoms with van der Waals surface area (Å²) in [5, 5.41) is 7.01. The second-order valence-corrected chi connectivity index (χ2v) is 6.48. The number of hydrogen-bond acceptors (Lipinski definition) is 4. The quantitative estimate of drug-likeness (QED) is 0.876. The molecule has 0 spiro atoms. The van der Waals surface area contributed by atoms with Crippen molar-refractivity contribution in [1.29, 1.82) is 0 Å². The van der Waals surface area contributed by atoms with E-state index in [0.29, 0.717) is 27.2 Å². The second kappa shape index (κ2) is 6.83. The standard InChI is InChI=1S/C16H15Cl2N3O3/c1-9-6-14(20-24-9)19-15(22)8-21(11-3-4-11)16(23)10-2-5-12(17)13(18)7-10/h2,5-7,11H,3-4,8H2,1H3,(H,19,20,22). The zero-order chi connectivity index (χ0) is 17.3. The second-order valence-electron chi connectivity index (χ2n) is 5.66. The minimum absolute atomic E-state index is 0.0599. The lowest BCUT2D eigenvalue weighted by Crippen LogP contribution is -2.39. The average Bonchev–Trinajstić information content (AvgIpc) is 3.30. The SMILES string of the molecule is Cc1cc(NC(=O)CN(C(=O)c2ccc(Cl)c(Cl)c2)C2CC2)no1. The molecular formula is C16H15Cl2N3O3. The van der Waals surface area contributed by atoms with Gasteiger partial charge < -0.3 is 14.7 Å². The number of carbonyl (C=O) groups excluding carboxylic acids is 2. The molecular weight excluding hydrogens is 353 g/mol. The van der Waals surface area contributed by atoms with E-state index in [1.165, 1.54) is 6.07 Å². The van der Waals surface area contributed by atoms with Crippen LogP contribution in [0.3, 0.4) is 0 Å². The van der Waals surface area contributed by atoms with Crippen molar-refractivity contribution in [2.24, 2.45) is 0 Å². The number of amides is 2. The van der Waals surface area contributed by atoms with Gasteiger partial charge in [0.2, 0.25) is 5.91 Å². The van der Waals surface area contributed by atoms with E-state index in [0.717, 1.165) is 12.8 Å². The number of nitrogens with one attached hydrogen (secondary N) is 1. The lowest BCUT2D eigenvalue weighted by Gasteiger charge is -2.21. The summed E-state index contributed by atoms with van der Waals surface area (Å²) in [7, 11) is 0. The van der Waals surface area contributed by atoms with Crippen LogP contribution in [0.4, 0.5) is 5.82 Å². The van der Waals surface area contributed by atoms with Crippen molar-refractivity contribution >= 4 is 40.8 Å². The van der Waals surface area contributed by atoms with Crippen LogP contribution in [0.15, 0.2) is 28.8 Å². The molecule has 3 rings (SSSR count). The Morgan fingerprint density at radius 1 is 1.29 bits per heavy atom. The molecule has 1 aliphatic rings. The van der Waals surface area contributed by atoms with E-state index in [1.54, 1.807) is 30.0 Å². The molecule has 2 amide bonds. The summed E-state index contributed by atoms with van der Waals surface area (Å²) >= 11 is 11.9. The predicted octanol–water partition coefficient (Wildman–Crippen LogP) is 3.53. The summed E-state index contributed by atoms with van der Waals surface area (Å²) in [6.07, 6.45) is 1.76. The van der Waals surface area contributed by atoms with Crippen molar-refractivity contribution in [3.63, 3.8) is 0 Å². The van der Waals surface area contributed by atoms with Gasteiger partial charge in [0.15, 0.2) is 5.82 Å². The zero-order valence-corrected chi connectivity index (χ0v) is 14.4. The van der Waals surface area contributed by atoms with Crippen LogP contribution in [-0.2, 0) is 4.79 Å². The Balaban J connectivity index is 1.71. The number of anilines is 1. The highest BCUT2D eigenvalue weighted by Crippen LogP contribution is 2.29. The van der Waals surface area contributed by atoms with Gasteiger partial charge in [0.05, 0.1) is 10.0 Å². The fourth-order valence-electron chi connectivity index (χ4n) is 2.31. The summed E-state index contributed by atoms with van der Waals surface area (Å²) in [5.74, 6) is 0.345. The van der Waals surface area contributed by atoms with Crippen LogP contribution in [0.25, 0.3) is 0 Å². The largest absolute Gasteiger partial charge is 0.360 e. The molecule has 24 heavy (non-hydrogen) atoms. The van der Waals surface area contributed by atoms with Crippen molar-refractivity contribution in [2.45, 2.75) is 25.8 Å². The van der Waals surface area contributed by atoms with Crippen molar-refractivity contribution in [3.8, 4) is 0 Å². The van der Waals surface area contributed by atoms with Gasteiger partial charge in [-0.3, -0.25) is 9.59 Å². The number of hydrogen-bond donors (Lipinski definition) is 1. The average molecular weight is 368 g/mol. The van der Waals surface area contributed by atoms with Gasteiger partial charge in [-0.2, -0.15) is 0 Å². The summed E-state index contributed by atoms with van der Waals surface area (Å²) in [4.78, 5) is 26.4. The lowest BCUT2D eigenvalue weighted by molar-refractivity contribution is -0.117. The minimum atomic E-state index is -0.330. The monoisotopic (exact) mass is 367 g/mol. The van der Waals surface area contributed by atoms with E-state index in [1.807, 2.05) is 0 Å². The molecule has 0 bridgehead atoms. The number of benzene rings is 1. The number of halogens is 2.